The standard InChI is InChI=1S/C23H38O2Si.C21H36OSi/c1-12-13(2)17-9-16(12)20-14-7-18(21(17)20)19(8-14)22(24)25-23(3,4)15-10-26(5,6)11-15;1-8-20(2,3)17-11-13-19(14-12-17)22-21(4,5)18-10-9-15-23(6,7)16-18/h12-21H,7-11H2,1-6H3;11-14,18H,8-10,15-16H2,1-7H3. The average Bonchev–Trinajstić information content (AvgIpc) is 3.76. The van der Waals surface area contributed by atoms with Crippen LogP contribution in [0, 0.1) is 65.1 Å². The van der Waals surface area contributed by atoms with Gasteiger partial charge in [0.25, 0.3) is 0 Å². The van der Waals surface area contributed by atoms with Gasteiger partial charge in [-0.3, -0.25) is 4.79 Å². The first-order valence-electron chi connectivity index (χ1n) is 20.7. The normalized spacial score (nSPS) is 37.6. The van der Waals surface area contributed by atoms with Crippen molar-refractivity contribution in [3.63, 3.8) is 0 Å². The molecule has 6 aliphatic rings. The molecule has 1 aromatic carbocycles. The Morgan fingerprint density at radius 1 is 0.755 bits per heavy atom. The Morgan fingerprint density at radius 2 is 1.35 bits per heavy atom. The molecule has 7 rings (SSSR count). The summed E-state index contributed by atoms with van der Waals surface area (Å²) < 4.78 is 12.7. The molecule has 2 saturated heterocycles. The number of carbonyl (C=O) groups excluding carboxylic acids is 1. The van der Waals surface area contributed by atoms with Crippen molar-refractivity contribution in [2.45, 2.75) is 168 Å². The second-order valence-corrected chi connectivity index (χ2v) is 32.0. The number of hydrogen-bond acceptors (Lipinski definition) is 3. The van der Waals surface area contributed by atoms with Gasteiger partial charge in [-0.1, -0.05) is 104 Å². The zero-order valence-electron chi connectivity index (χ0n) is 34.0. The molecule has 0 spiro atoms. The molecular weight excluding hydrogens is 633 g/mol. The quantitative estimate of drug-likeness (QED) is 0.153. The largest absolute Gasteiger partial charge is 0.488 e. The maximum absolute atomic E-state index is 13.2. The Morgan fingerprint density at radius 3 is 1.92 bits per heavy atom. The molecule has 49 heavy (non-hydrogen) atoms. The van der Waals surface area contributed by atoms with E-state index in [9.17, 15) is 4.79 Å². The summed E-state index contributed by atoms with van der Waals surface area (Å²) in [6.45, 7) is 30.8. The maximum Gasteiger partial charge on any atom is 0.309 e. The van der Waals surface area contributed by atoms with Crippen LogP contribution in [0.5, 0.6) is 5.75 Å². The van der Waals surface area contributed by atoms with Crippen molar-refractivity contribution in [3.8, 4) is 5.75 Å². The Balaban J connectivity index is 0.000000172. The average molecular weight is 707 g/mol. The number of hydrogen-bond donors (Lipinski definition) is 0. The van der Waals surface area contributed by atoms with Gasteiger partial charge in [0.2, 0.25) is 0 Å². The Hall–Kier alpha value is -1.08. The summed E-state index contributed by atoms with van der Waals surface area (Å²) in [5.74, 6) is 9.62. The summed E-state index contributed by atoms with van der Waals surface area (Å²) in [5, 5.41) is 0. The molecule has 0 N–H and O–H groups in total. The monoisotopic (exact) mass is 707 g/mol. The molecule has 10 unspecified atom stereocenters. The van der Waals surface area contributed by atoms with E-state index in [1.54, 1.807) is 0 Å². The van der Waals surface area contributed by atoms with Crippen LogP contribution in [0.25, 0.3) is 0 Å². The Bertz CT molecular complexity index is 1340. The van der Waals surface area contributed by atoms with Crippen LogP contribution in [0.3, 0.4) is 0 Å². The lowest BCUT2D eigenvalue weighted by Gasteiger charge is -2.49. The third-order valence-corrected chi connectivity index (χ3v) is 22.7. The van der Waals surface area contributed by atoms with Crippen molar-refractivity contribution in [3.05, 3.63) is 29.8 Å². The summed E-state index contributed by atoms with van der Waals surface area (Å²) in [6.07, 6.45) is 7.78. The van der Waals surface area contributed by atoms with E-state index >= 15 is 0 Å². The van der Waals surface area contributed by atoms with E-state index in [1.165, 1.54) is 55.4 Å². The van der Waals surface area contributed by atoms with Crippen molar-refractivity contribution in [1.82, 2.24) is 0 Å². The minimum absolute atomic E-state index is 0.0630. The highest BCUT2D eigenvalue weighted by Gasteiger charge is 2.67. The Kier molecular flexibility index (Phi) is 10.1. The molecular formula is C44H74O3Si2. The number of rotatable bonds is 8. The van der Waals surface area contributed by atoms with E-state index in [2.05, 4.69) is 113 Å². The molecule has 6 fully saturated rings. The molecule has 0 radical (unpaired) electrons. The van der Waals surface area contributed by atoms with Crippen LogP contribution in [-0.4, -0.2) is 33.3 Å². The highest BCUT2D eigenvalue weighted by molar-refractivity contribution is 6.80. The first kappa shape index (κ1) is 37.7. The van der Waals surface area contributed by atoms with Crippen LogP contribution in [0.15, 0.2) is 24.3 Å². The zero-order valence-corrected chi connectivity index (χ0v) is 36.0. The molecule has 276 valence electrons. The van der Waals surface area contributed by atoms with Crippen molar-refractivity contribution < 1.29 is 14.3 Å². The fourth-order valence-electron chi connectivity index (χ4n) is 12.5. The van der Waals surface area contributed by atoms with Gasteiger partial charge in [0, 0.05) is 16.1 Å². The number of benzene rings is 1. The second-order valence-electron chi connectivity index (χ2n) is 21.7. The maximum atomic E-state index is 13.2. The molecule has 0 aromatic heterocycles. The van der Waals surface area contributed by atoms with Gasteiger partial charge in [0.05, 0.1) is 5.92 Å². The molecule has 1 aromatic rings. The molecule has 4 bridgehead atoms. The number of esters is 1. The summed E-state index contributed by atoms with van der Waals surface area (Å²) in [7, 11) is -1.95. The first-order chi connectivity index (χ1) is 22.6. The number of fused-ring (bicyclic) bond motifs is 9. The smallest absolute Gasteiger partial charge is 0.309 e. The van der Waals surface area contributed by atoms with Gasteiger partial charge in [-0.05, 0) is 142 Å². The summed E-state index contributed by atoms with van der Waals surface area (Å²) in [6, 6.07) is 14.4. The number of ether oxygens (including phenoxy) is 2. The van der Waals surface area contributed by atoms with E-state index in [4.69, 9.17) is 9.47 Å². The van der Waals surface area contributed by atoms with Crippen LogP contribution in [0.4, 0.5) is 0 Å². The highest BCUT2D eigenvalue weighted by Crippen LogP contribution is 2.71. The SMILES string of the molecule is CC1C(C)C2CC1C1C3CC(C(=O)OC(C)(C)C4C[Si](C)(C)C4)C(C3)C21.CCC(C)(C)c1ccc(OC(C)(C)C2CCC[Si](C)(C)C2)cc1. The van der Waals surface area contributed by atoms with E-state index in [1.807, 2.05) is 0 Å². The van der Waals surface area contributed by atoms with E-state index in [0.717, 1.165) is 60.0 Å². The van der Waals surface area contributed by atoms with Gasteiger partial charge >= 0.3 is 5.97 Å². The molecule has 0 amide bonds. The molecule has 5 heteroatoms. The second kappa shape index (κ2) is 13.1. The van der Waals surface area contributed by atoms with Gasteiger partial charge in [-0.25, -0.2) is 0 Å². The summed E-state index contributed by atoms with van der Waals surface area (Å²) in [4.78, 5) is 13.2. The van der Waals surface area contributed by atoms with Crippen molar-refractivity contribution in [2.24, 2.45) is 65.1 Å². The van der Waals surface area contributed by atoms with Gasteiger partial charge in [0.15, 0.2) is 0 Å². The van der Waals surface area contributed by atoms with E-state index in [0.29, 0.717) is 17.8 Å². The first-order valence-corrected chi connectivity index (χ1v) is 27.5. The number of carbonyl (C=O) groups is 1. The predicted octanol–water partition coefficient (Wildman–Crippen LogP) is 12.1. The van der Waals surface area contributed by atoms with Gasteiger partial charge < -0.3 is 9.47 Å². The van der Waals surface area contributed by atoms with E-state index in [-0.39, 0.29) is 28.5 Å². The topological polar surface area (TPSA) is 35.5 Å². The molecule has 4 saturated carbocycles. The van der Waals surface area contributed by atoms with Gasteiger partial charge in [-0.2, -0.15) is 0 Å². The lowest BCUT2D eigenvalue weighted by Crippen LogP contribution is -2.53. The van der Waals surface area contributed by atoms with Crippen molar-refractivity contribution >= 4 is 22.1 Å². The lowest BCUT2D eigenvalue weighted by molar-refractivity contribution is -0.170. The van der Waals surface area contributed by atoms with Gasteiger partial charge in [0.1, 0.15) is 17.0 Å². The highest BCUT2D eigenvalue weighted by atomic mass is 28.3. The molecule has 4 aliphatic carbocycles. The summed E-state index contributed by atoms with van der Waals surface area (Å²) >= 11 is 0. The van der Waals surface area contributed by atoms with Gasteiger partial charge in [-0.15, -0.1) is 0 Å². The predicted molar refractivity (Wildman–Crippen MR) is 212 cm³/mol. The van der Waals surface area contributed by atoms with Crippen LogP contribution < -0.4 is 4.74 Å². The minimum Gasteiger partial charge on any atom is -0.488 e. The molecule has 3 nitrogen and oxygen atoms in total. The van der Waals surface area contributed by atoms with Crippen LogP contribution in [-0.2, 0) is 14.9 Å². The van der Waals surface area contributed by atoms with Crippen molar-refractivity contribution in [1.29, 1.82) is 0 Å². The van der Waals surface area contributed by atoms with Crippen LogP contribution in [0.1, 0.15) is 106 Å². The minimum atomic E-state index is -0.999. The van der Waals surface area contributed by atoms with Crippen LogP contribution >= 0.6 is 0 Å². The third-order valence-electron chi connectivity index (χ3n) is 16.2. The Labute approximate surface area is 303 Å². The third kappa shape index (κ3) is 7.30. The van der Waals surface area contributed by atoms with Crippen molar-refractivity contribution in [2.75, 3.05) is 0 Å². The van der Waals surface area contributed by atoms with E-state index < -0.39 is 16.1 Å². The fourth-order valence-corrected chi connectivity index (χ4v) is 19.5. The molecule has 2 aliphatic heterocycles. The fraction of sp³-hybridized carbons (Fsp3) is 0.841. The molecule has 2 heterocycles. The summed E-state index contributed by atoms with van der Waals surface area (Å²) in [5.41, 5.74) is 1.33. The lowest BCUT2D eigenvalue weighted by atomic mass is 9.62. The zero-order chi connectivity index (χ0) is 35.9. The molecule has 10 atom stereocenters. The van der Waals surface area contributed by atoms with Crippen LogP contribution in [0.2, 0.25) is 50.4 Å².